The van der Waals surface area contributed by atoms with Gasteiger partial charge in [0.15, 0.2) is 0 Å². The van der Waals surface area contributed by atoms with Crippen LogP contribution in [-0.2, 0) is 4.79 Å². The fraction of sp³-hybridized carbons (Fsp3) is 0.533. The molecule has 2 saturated heterocycles. The first kappa shape index (κ1) is 13.9. The van der Waals surface area contributed by atoms with Gasteiger partial charge >= 0.3 is 0 Å². The smallest absolute Gasteiger partial charge is 0.241 e. The van der Waals surface area contributed by atoms with Crippen LogP contribution in [0.1, 0.15) is 31.5 Å². The van der Waals surface area contributed by atoms with E-state index in [2.05, 4.69) is 5.32 Å². The van der Waals surface area contributed by atoms with Crippen molar-refractivity contribution in [3.63, 3.8) is 0 Å². The lowest BCUT2D eigenvalue weighted by atomic mass is 10.1. The number of halogens is 1. The molecule has 0 aliphatic carbocycles. The largest absolute Gasteiger partial charge is 0.319 e. The summed E-state index contributed by atoms with van der Waals surface area (Å²) >= 11 is 1.95. The zero-order valence-corrected chi connectivity index (χ0v) is 12.3. The molecule has 1 N–H and O–H groups in total. The minimum absolute atomic E-state index is 0.119. The van der Waals surface area contributed by atoms with Crippen LogP contribution in [0.3, 0.4) is 0 Å². The molecule has 2 aliphatic rings. The van der Waals surface area contributed by atoms with Gasteiger partial charge in [-0.1, -0.05) is 12.1 Å². The summed E-state index contributed by atoms with van der Waals surface area (Å²) in [5.74, 6) is 2.14. The van der Waals surface area contributed by atoms with Crippen molar-refractivity contribution in [3.05, 3.63) is 35.6 Å². The van der Waals surface area contributed by atoms with Gasteiger partial charge in [-0.2, -0.15) is 11.8 Å². The Morgan fingerprint density at radius 2 is 1.90 bits per heavy atom. The van der Waals surface area contributed by atoms with E-state index in [-0.39, 0.29) is 23.9 Å². The normalized spacial score (nSPS) is 28.1. The maximum atomic E-state index is 13.1. The summed E-state index contributed by atoms with van der Waals surface area (Å²) in [6, 6.07) is 6.58. The molecule has 1 aromatic carbocycles. The van der Waals surface area contributed by atoms with E-state index in [0.717, 1.165) is 29.9 Å². The van der Waals surface area contributed by atoms with Crippen LogP contribution in [0.5, 0.6) is 0 Å². The Labute approximate surface area is 122 Å². The Morgan fingerprint density at radius 3 is 2.55 bits per heavy atom. The van der Waals surface area contributed by atoms with E-state index < -0.39 is 0 Å². The lowest BCUT2D eigenvalue weighted by molar-refractivity contribution is -0.132. The number of rotatable bonds is 2. The van der Waals surface area contributed by atoms with Crippen molar-refractivity contribution < 1.29 is 9.18 Å². The molecule has 3 nitrogen and oxygen atoms in total. The highest BCUT2D eigenvalue weighted by Crippen LogP contribution is 2.32. The minimum Gasteiger partial charge on any atom is -0.319 e. The zero-order valence-electron chi connectivity index (χ0n) is 11.5. The van der Waals surface area contributed by atoms with Gasteiger partial charge in [-0.3, -0.25) is 10.1 Å². The molecule has 2 aliphatic heterocycles. The van der Waals surface area contributed by atoms with Gasteiger partial charge in [0, 0.05) is 6.04 Å². The highest BCUT2D eigenvalue weighted by Gasteiger charge is 2.41. The maximum Gasteiger partial charge on any atom is 0.241 e. The monoisotopic (exact) mass is 294 g/mol. The fourth-order valence-electron chi connectivity index (χ4n) is 3.00. The molecule has 0 saturated carbocycles. The first-order chi connectivity index (χ1) is 9.66. The van der Waals surface area contributed by atoms with Crippen molar-refractivity contribution >= 4 is 17.7 Å². The van der Waals surface area contributed by atoms with Crippen molar-refractivity contribution in [1.82, 2.24) is 10.2 Å². The van der Waals surface area contributed by atoms with Crippen molar-refractivity contribution in [2.75, 3.05) is 11.5 Å². The number of benzene rings is 1. The van der Waals surface area contributed by atoms with Gasteiger partial charge in [-0.15, -0.1) is 0 Å². The van der Waals surface area contributed by atoms with Crippen molar-refractivity contribution in [3.8, 4) is 0 Å². The molecule has 3 rings (SSSR count). The Kier molecular flexibility index (Phi) is 3.98. The SMILES string of the molecule is CC1NC(c2ccc(F)cc2)N(C2CCSCC2)C1=O. The third-order valence-electron chi connectivity index (χ3n) is 4.08. The third kappa shape index (κ3) is 2.56. The number of nitrogens with zero attached hydrogens (tertiary/aromatic N) is 1. The predicted octanol–water partition coefficient (Wildman–Crippen LogP) is 2.54. The molecule has 2 fully saturated rings. The Morgan fingerprint density at radius 1 is 1.25 bits per heavy atom. The van der Waals surface area contributed by atoms with E-state index in [1.54, 1.807) is 12.1 Å². The second-order valence-electron chi connectivity index (χ2n) is 5.43. The lowest BCUT2D eigenvalue weighted by Crippen LogP contribution is -2.42. The predicted molar refractivity (Wildman–Crippen MR) is 78.9 cm³/mol. The van der Waals surface area contributed by atoms with E-state index in [0.29, 0.717) is 6.04 Å². The molecule has 0 aromatic heterocycles. The van der Waals surface area contributed by atoms with Crippen LogP contribution >= 0.6 is 11.8 Å². The van der Waals surface area contributed by atoms with Gasteiger partial charge in [0.2, 0.25) is 5.91 Å². The molecule has 1 aromatic rings. The molecule has 2 unspecified atom stereocenters. The van der Waals surface area contributed by atoms with Crippen LogP contribution < -0.4 is 5.32 Å². The van der Waals surface area contributed by atoms with E-state index >= 15 is 0 Å². The first-order valence-corrected chi connectivity index (χ1v) is 8.24. The van der Waals surface area contributed by atoms with Crippen LogP contribution in [0.25, 0.3) is 0 Å². The average Bonchev–Trinajstić information content (AvgIpc) is 2.77. The number of carbonyl (C=O) groups excluding carboxylic acids is 1. The number of thioether (sulfide) groups is 1. The van der Waals surface area contributed by atoms with Gasteiger partial charge in [0.1, 0.15) is 12.0 Å². The summed E-state index contributed by atoms with van der Waals surface area (Å²) in [5, 5.41) is 3.33. The molecular formula is C15H19FN2OS. The summed E-state index contributed by atoms with van der Waals surface area (Å²) in [6.45, 7) is 1.90. The molecule has 2 atom stereocenters. The van der Waals surface area contributed by atoms with E-state index in [9.17, 15) is 9.18 Å². The van der Waals surface area contributed by atoms with E-state index in [1.807, 2.05) is 23.6 Å². The average molecular weight is 294 g/mol. The molecule has 20 heavy (non-hydrogen) atoms. The number of carbonyl (C=O) groups is 1. The summed E-state index contributed by atoms with van der Waals surface area (Å²) in [6.07, 6.45) is 1.97. The Bertz CT molecular complexity index is 487. The first-order valence-electron chi connectivity index (χ1n) is 7.08. The van der Waals surface area contributed by atoms with Crippen molar-refractivity contribution in [2.45, 2.75) is 38.0 Å². The molecule has 5 heteroatoms. The molecule has 0 radical (unpaired) electrons. The van der Waals surface area contributed by atoms with Gasteiger partial charge in [0.25, 0.3) is 0 Å². The lowest BCUT2D eigenvalue weighted by Gasteiger charge is -2.35. The number of hydrogen-bond acceptors (Lipinski definition) is 3. The van der Waals surface area contributed by atoms with Crippen LogP contribution in [0.15, 0.2) is 24.3 Å². The highest BCUT2D eigenvalue weighted by atomic mass is 32.2. The second kappa shape index (κ2) is 5.74. The molecule has 0 bridgehead atoms. The second-order valence-corrected chi connectivity index (χ2v) is 6.66. The van der Waals surface area contributed by atoms with Crippen LogP contribution in [-0.4, -0.2) is 34.4 Å². The number of hydrogen-bond donors (Lipinski definition) is 1. The zero-order chi connectivity index (χ0) is 14.1. The molecule has 2 heterocycles. The van der Waals surface area contributed by atoms with Gasteiger partial charge in [-0.05, 0) is 49.0 Å². The molecule has 0 spiro atoms. The number of amides is 1. The summed E-state index contributed by atoms with van der Waals surface area (Å²) < 4.78 is 13.1. The molecule has 1 amide bonds. The standard InChI is InChI=1S/C15H19FN2OS/c1-10-15(19)18(13-6-8-20-9-7-13)14(17-10)11-2-4-12(16)5-3-11/h2-5,10,13-14,17H,6-9H2,1H3. The number of nitrogens with one attached hydrogen (secondary N) is 1. The van der Waals surface area contributed by atoms with E-state index in [1.165, 1.54) is 12.1 Å². The van der Waals surface area contributed by atoms with Crippen molar-refractivity contribution in [1.29, 1.82) is 0 Å². The topological polar surface area (TPSA) is 32.3 Å². The quantitative estimate of drug-likeness (QED) is 0.910. The maximum absolute atomic E-state index is 13.1. The third-order valence-corrected chi connectivity index (χ3v) is 5.13. The van der Waals surface area contributed by atoms with Crippen LogP contribution in [0, 0.1) is 5.82 Å². The Balaban J connectivity index is 1.87. The highest BCUT2D eigenvalue weighted by molar-refractivity contribution is 7.99. The van der Waals surface area contributed by atoms with Gasteiger partial charge in [0.05, 0.1) is 6.04 Å². The summed E-state index contributed by atoms with van der Waals surface area (Å²) in [4.78, 5) is 14.4. The van der Waals surface area contributed by atoms with Crippen molar-refractivity contribution in [2.24, 2.45) is 0 Å². The fourth-order valence-corrected chi connectivity index (χ4v) is 4.08. The minimum atomic E-state index is -0.244. The van der Waals surface area contributed by atoms with E-state index in [4.69, 9.17) is 0 Å². The molecule has 108 valence electrons. The Hall–Kier alpha value is -1.07. The van der Waals surface area contributed by atoms with Gasteiger partial charge < -0.3 is 4.90 Å². The van der Waals surface area contributed by atoms with Gasteiger partial charge in [-0.25, -0.2) is 4.39 Å². The van der Waals surface area contributed by atoms with Crippen LogP contribution in [0.2, 0.25) is 0 Å². The summed E-state index contributed by atoms with van der Waals surface area (Å²) in [7, 11) is 0. The summed E-state index contributed by atoms with van der Waals surface area (Å²) in [5.41, 5.74) is 0.960. The molecular weight excluding hydrogens is 275 g/mol. The van der Waals surface area contributed by atoms with Crippen LogP contribution in [0.4, 0.5) is 4.39 Å².